The predicted molar refractivity (Wildman–Crippen MR) is 70.3 cm³/mol. The molecule has 0 aromatic carbocycles. The lowest BCUT2D eigenvalue weighted by atomic mass is 10.1. The zero-order valence-corrected chi connectivity index (χ0v) is 11.2. The first-order valence-corrected chi connectivity index (χ1v) is 6.37. The van der Waals surface area contributed by atoms with E-state index in [2.05, 4.69) is 18.3 Å². The Balaban J connectivity index is 3.58. The first-order chi connectivity index (χ1) is 8.45. The number of hydrogen-bond donors (Lipinski definition) is 4. The number of carboxylic acid groups (broad SMARTS) is 1. The molecule has 0 radical (unpaired) electrons. The van der Waals surface area contributed by atoms with Gasteiger partial charge < -0.3 is 20.6 Å². The zero-order chi connectivity index (χ0) is 14.0. The molecule has 0 aromatic rings. The van der Waals surface area contributed by atoms with Gasteiger partial charge >= 0.3 is 5.97 Å². The van der Waals surface area contributed by atoms with E-state index in [9.17, 15) is 15.0 Å². The molecule has 0 rings (SSSR count). The molecule has 0 saturated heterocycles. The summed E-state index contributed by atoms with van der Waals surface area (Å²) in [4.78, 5) is 10.3. The van der Waals surface area contributed by atoms with Gasteiger partial charge in [0.15, 0.2) is 0 Å². The molecule has 0 fully saturated rings. The van der Waals surface area contributed by atoms with Gasteiger partial charge in [0.2, 0.25) is 0 Å². The van der Waals surface area contributed by atoms with Crippen LogP contribution in [-0.4, -0.2) is 46.6 Å². The molecule has 0 heterocycles. The lowest BCUT2D eigenvalue weighted by Crippen LogP contribution is -2.27. The summed E-state index contributed by atoms with van der Waals surface area (Å²) in [7, 11) is 0. The second-order valence-corrected chi connectivity index (χ2v) is 4.64. The number of aliphatic hydroxyl groups excluding tert-OH is 2. The monoisotopic (exact) mass is 259 g/mol. The van der Waals surface area contributed by atoms with Crippen molar-refractivity contribution in [3.63, 3.8) is 0 Å². The van der Waals surface area contributed by atoms with E-state index in [-0.39, 0.29) is 12.8 Å². The van der Waals surface area contributed by atoms with Crippen LogP contribution in [0.4, 0.5) is 0 Å². The highest BCUT2D eigenvalue weighted by Gasteiger charge is 2.14. The summed E-state index contributed by atoms with van der Waals surface area (Å²) < 4.78 is 0. The summed E-state index contributed by atoms with van der Waals surface area (Å²) in [6, 6.07) is 0. The van der Waals surface area contributed by atoms with Gasteiger partial charge in [-0.3, -0.25) is 4.79 Å². The van der Waals surface area contributed by atoms with Gasteiger partial charge in [-0.05, 0) is 32.2 Å². The van der Waals surface area contributed by atoms with Gasteiger partial charge in [0.25, 0.3) is 0 Å². The largest absolute Gasteiger partial charge is 0.481 e. The van der Waals surface area contributed by atoms with Crippen LogP contribution in [0.15, 0.2) is 12.2 Å². The molecule has 0 aliphatic carbocycles. The number of hydrogen-bond acceptors (Lipinski definition) is 4. The topological polar surface area (TPSA) is 89.8 Å². The molecule has 0 aliphatic heterocycles. The zero-order valence-electron chi connectivity index (χ0n) is 11.2. The normalized spacial score (nSPS) is 16.7. The van der Waals surface area contributed by atoms with E-state index < -0.39 is 18.2 Å². The third-order valence-electron chi connectivity index (χ3n) is 2.60. The van der Waals surface area contributed by atoms with Crippen LogP contribution in [0.2, 0.25) is 0 Å². The van der Waals surface area contributed by atoms with Crippen molar-refractivity contribution in [3.8, 4) is 0 Å². The number of carboxylic acids is 1. The SMILES string of the molecule is C/C=C\C(C)CNCCC(O)CC(O)CC(=O)O. The molecule has 0 bridgehead atoms. The Morgan fingerprint density at radius 1 is 1.33 bits per heavy atom. The van der Waals surface area contributed by atoms with Crippen LogP contribution in [0.3, 0.4) is 0 Å². The summed E-state index contributed by atoms with van der Waals surface area (Å²) in [6.07, 6.45) is 2.77. The van der Waals surface area contributed by atoms with Gasteiger partial charge in [-0.2, -0.15) is 0 Å². The summed E-state index contributed by atoms with van der Waals surface area (Å²) in [6.45, 7) is 5.57. The van der Waals surface area contributed by atoms with Crippen molar-refractivity contribution >= 4 is 5.97 Å². The molecule has 4 N–H and O–H groups in total. The van der Waals surface area contributed by atoms with Crippen LogP contribution >= 0.6 is 0 Å². The fourth-order valence-electron chi connectivity index (χ4n) is 1.71. The minimum Gasteiger partial charge on any atom is -0.481 e. The van der Waals surface area contributed by atoms with E-state index in [4.69, 9.17) is 5.11 Å². The van der Waals surface area contributed by atoms with E-state index in [1.807, 2.05) is 13.0 Å². The average Bonchev–Trinajstić information content (AvgIpc) is 2.23. The Kier molecular flexibility index (Phi) is 9.55. The molecule has 0 amide bonds. The molecule has 0 saturated carbocycles. The second-order valence-electron chi connectivity index (χ2n) is 4.64. The number of aliphatic carboxylic acids is 1. The van der Waals surface area contributed by atoms with Crippen molar-refractivity contribution in [1.29, 1.82) is 0 Å². The number of aliphatic hydroxyl groups is 2. The van der Waals surface area contributed by atoms with Crippen LogP contribution in [-0.2, 0) is 4.79 Å². The van der Waals surface area contributed by atoms with Gasteiger partial charge in [0, 0.05) is 6.54 Å². The van der Waals surface area contributed by atoms with Crippen LogP contribution in [0, 0.1) is 5.92 Å². The molecule has 3 atom stereocenters. The molecule has 0 aromatic heterocycles. The maximum absolute atomic E-state index is 10.3. The molecule has 18 heavy (non-hydrogen) atoms. The Labute approximate surface area is 109 Å². The maximum atomic E-state index is 10.3. The second kappa shape index (κ2) is 10.1. The third kappa shape index (κ3) is 10.3. The Morgan fingerprint density at radius 3 is 2.56 bits per heavy atom. The van der Waals surface area contributed by atoms with Gasteiger partial charge in [-0.1, -0.05) is 19.1 Å². The number of rotatable bonds is 10. The molecule has 0 spiro atoms. The maximum Gasteiger partial charge on any atom is 0.305 e. The molecular weight excluding hydrogens is 234 g/mol. The highest BCUT2D eigenvalue weighted by molar-refractivity contribution is 5.67. The van der Waals surface area contributed by atoms with Crippen molar-refractivity contribution in [2.24, 2.45) is 5.92 Å². The van der Waals surface area contributed by atoms with E-state index in [0.717, 1.165) is 6.54 Å². The minimum absolute atomic E-state index is 0.110. The Hall–Kier alpha value is -0.910. The van der Waals surface area contributed by atoms with Gasteiger partial charge in [-0.25, -0.2) is 0 Å². The molecular formula is C13H25NO4. The van der Waals surface area contributed by atoms with E-state index in [0.29, 0.717) is 18.9 Å². The first kappa shape index (κ1) is 17.1. The van der Waals surface area contributed by atoms with Crippen molar-refractivity contribution in [3.05, 3.63) is 12.2 Å². The number of carbonyl (C=O) groups is 1. The van der Waals surface area contributed by atoms with Gasteiger partial charge in [0.1, 0.15) is 0 Å². The summed E-state index contributed by atoms with van der Waals surface area (Å²) in [5, 5.41) is 30.6. The van der Waals surface area contributed by atoms with E-state index in [1.54, 1.807) is 0 Å². The Morgan fingerprint density at radius 2 is 2.00 bits per heavy atom. The third-order valence-corrected chi connectivity index (χ3v) is 2.60. The van der Waals surface area contributed by atoms with Gasteiger partial charge in [0.05, 0.1) is 18.6 Å². The van der Waals surface area contributed by atoms with Crippen LogP contribution in [0.1, 0.15) is 33.1 Å². The number of nitrogens with one attached hydrogen (secondary N) is 1. The van der Waals surface area contributed by atoms with Crippen LogP contribution in [0.5, 0.6) is 0 Å². The molecule has 106 valence electrons. The van der Waals surface area contributed by atoms with Crippen molar-refractivity contribution in [2.75, 3.05) is 13.1 Å². The van der Waals surface area contributed by atoms with Crippen molar-refractivity contribution in [2.45, 2.75) is 45.3 Å². The van der Waals surface area contributed by atoms with Crippen molar-refractivity contribution in [1.82, 2.24) is 5.32 Å². The standard InChI is InChI=1S/C13H25NO4/c1-3-4-10(2)9-14-6-5-11(15)7-12(16)8-13(17)18/h3-4,10-12,14-16H,5-9H2,1-2H3,(H,17,18)/b4-3-. The molecule has 5 nitrogen and oxygen atoms in total. The quantitative estimate of drug-likeness (QED) is 0.343. The lowest BCUT2D eigenvalue weighted by Gasteiger charge is -2.15. The molecule has 0 aliphatic rings. The van der Waals surface area contributed by atoms with E-state index >= 15 is 0 Å². The van der Waals surface area contributed by atoms with Gasteiger partial charge in [-0.15, -0.1) is 0 Å². The first-order valence-electron chi connectivity index (χ1n) is 6.37. The smallest absolute Gasteiger partial charge is 0.305 e. The Bertz CT molecular complexity index is 255. The van der Waals surface area contributed by atoms with Crippen LogP contribution < -0.4 is 5.32 Å². The van der Waals surface area contributed by atoms with Crippen LogP contribution in [0.25, 0.3) is 0 Å². The highest BCUT2D eigenvalue weighted by Crippen LogP contribution is 2.05. The highest BCUT2D eigenvalue weighted by atomic mass is 16.4. The average molecular weight is 259 g/mol. The molecule has 5 heteroatoms. The lowest BCUT2D eigenvalue weighted by molar-refractivity contribution is -0.139. The summed E-state index contributed by atoms with van der Waals surface area (Å²) >= 11 is 0. The number of allylic oxidation sites excluding steroid dienone is 1. The fraction of sp³-hybridized carbons (Fsp3) is 0.769. The van der Waals surface area contributed by atoms with Crippen molar-refractivity contribution < 1.29 is 20.1 Å². The minimum atomic E-state index is -1.05. The molecule has 3 unspecified atom stereocenters. The van der Waals surface area contributed by atoms with E-state index in [1.165, 1.54) is 0 Å². The summed E-state index contributed by atoms with van der Waals surface area (Å²) in [5.41, 5.74) is 0. The fourth-order valence-corrected chi connectivity index (χ4v) is 1.71. The summed E-state index contributed by atoms with van der Waals surface area (Å²) in [5.74, 6) is -0.599. The predicted octanol–water partition coefficient (Wildman–Crippen LogP) is 0.765.